The van der Waals surface area contributed by atoms with E-state index in [1.54, 1.807) is 27.7 Å². The van der Waals surface area contributed by atoms with Crippen LogP contribution in [-0.2, 0) is 9.59 Å². The van der Waals surface area contributed by atoms with E-state index in [2.05, 4.69) is 15.6 Å². The molecule has 2 amide bonds. The van der Waals surface area contributed by atoms with E-state index in [1.807, 2.05) is 0 Å². The smallest absolute Gasteiger partial charge is 0.321 e. The van der Waals surface area contributed by atoms with Crippen LogP contribution in [0.4, 0.5) is 11.6 Å². The summed E-state index contributed by atoms with van der Waals surface area (Å²) < 4.78 is 5.08. The highest BCUT2D eigenvalue weighted by molar-refractivity contribution is 5.93. The monoisotopic (exact) mass is 339 g/mol. The highest BCUT2D eigenvalue weighted by Gasteiger charge is 2.24. The third-order valence-corrected chi connectivity index (χ3v) is 3.09. The molecule has 8 heteroatoms. The average Bonchev–Trinajstić information content (AvgIpc) is 2.46. The molecule has 0 unspecified atom stereocenters. The molecule has 8 nitrogen and oxygen atoms in total. The zero-order chi connectivity index (χ0) is 18.5. The molecule has 0 radical (unpaired) electrons. The lowest BCUT2D eigenvalue weighted by Gasteiger charge is -2.22. The van der Waals surface area contributed by atoms with Gasteiger partial charge in [0.2, 0.25) is 11.8 Å². The summed E-state index contributed by atoms with van der Waals surface area (Å²) in [7, 11) is 0. The molecule has 0 saturated heterocycles. The predicted molar refractivity (Wildman–Crippen MR) is 89.3 cm³/mol. The van der Waals surface area contributed by atoms with Crippen LogP contribution in [0.3, 0.4) is 0 Å². The topological polar surface area (TPSA) is 121 Å². The molecule has 0 spiro atoms. The number of hydrogen-bond donors (Lipinski definition) is 4. The Labute approximate surface area is 141 Å². The summed E-state index contributed by atoms with van der Waals surface area (Å²) in [6, 6.07) is 2.70. The number of aliphatic hydroxyl groups is 2. The maximum atomic E-state index is 11.8. The minimum absolute atomic E-state index is 0.0509. The Kier molecular flexibility index (Phi) is 6.68. The second-order valence-electron chi connectivity index (χ2n) is 6.06. The van der Waals surface area contributed by atoms with Crippen molar-refractivity contribution in [2.24, 2.45) is 11.8 Å². The molecule has 0 aliphatic heterocycles. The minimum atomic E-state index is -2.36. The van der Waals surface area contributed by atoms with Crippen LogP contribution in [0.15, 0.2) is 12.1 Å². The van der Waals surface area contributed by atoms with Crippen LogP contribution < -0.4 is 15.4 Å². The van der Waals surface area contributed by atoms with Crippen LogP contribution in [0.1, 0.15) is 41.0 Å². The van der Waals surface area contributed by atoms with Gasteiger partial charge in [0.25, 0.3) is 0 Å². The van der Waals surface area contributed by atoms with Gasteiger partial charge in [0.15, 0.2) is 0 Å². The van der Waals surface area contributed by atoms with Gasteiger partial charge in [-0.05, 0) is 0 Å². The number of ether oxygens (including phenoxy) is 1. The van der Waals surface area contributed by atoms with Gasteiger partial charge in [-0.2, -0.15) is 0 Å². The van der Waals surface area contributed by atoms with Crippen LogP contribution in [0.2, 0.25) is 0 Å². The number of aromatic nitrogens is 1. The Morgan fingerprint density at radius 2 is 1.50 bits per heavy atom. The van der Waals surface area contributed by atoms with E-state index in [0.29, 0.717) is 0 Å². The third kappa shape index (κ3) is 6.13. The van der Waals surface area contributed by atoms with E-state index in [4.69, 9.17) is 4.74 Å². The molecule has 4 N–H and O–H groups in total. The van der Waals surface area contributed by atoms with Gasteiger partial charge in [-0.25, -0.2) is 4.98 Å². The molecule has 0 fully saturated rings. The van der Waals surface area contributed by atoms with Crippen LogP contribution in [0.5, 0.6) is 5.75 Å². The molecule has 1 aromatic rings. The Hall–Kier alpha value is -2.19. The molecule has 134 valence electrons. The third-order valence-electron chi connectivity index (χ3n) is 3.09. The summed E-state index contributed by atoms with van der Waals surface area (Å²) in [6.07, 6.45) is -0.0727. The molecule has 1 aromatic heterocycles. The average molecular weight is 339 g/mol. The van der Waals surface area contributed by atoms with Crippen molar-refractivity contribution in [2.45, 2.75) is 47.0 Å². The first-order chi connectivity index (χ1) is 11.0. The quantitative estimate of drug-likeness (QED) is 0.561. The van der Waals surface area contributed by atoms with E-state index < -0.39 is 5.97 Å². The zero-order valence-electron chi connectivity index (χ0n) is 14.6. The van der Waals surface area contributed by atoms with Crippen molar-refractivity contribution in [3.05, 3.63) is 12.1 Å². The van der Waals surface area contributed by atoms with Crippen molar-refractivity contribution >= 4 is 23.5 Å². The molecule has 1 heterocycles. The number of nitrogens with zero attached hydrogens (tertiary/aromatic N) is 1. The van der Waals surface area contributed by atoms with Gasteiger partial charge >= 0.3 is 5.97 Å². The molecule has 0 aliphatic carbocycles. The van der Waals surface area contributed by atoms with E-state index in [1.165, 1.54) is 19.1 Å². The van der Waals surface area contributed by atoms with Gasteiger partial charge in [0.1, 0.15) is 17.4 Å². The van der Waals surface area contributed by atoms with Gasteiger partial charge in [0.05, 0.1) is 0 Å². The number of pyridine rings is 1. The molecular formula is C16H25N3O5. The summed E-state index contributed by atoms with van der Waals surface area (Å²) in [5.41, 5.74) is 0. The van der Waals surface area contributed by atoms with Gasteiger partial charge in [-0.15, -0.1) is 0 Å². The lowest BCUT2D eigenvalue weighted by Crippen LogP contribution is -2.34. The normalized spacial score (nSPS) is 11.5. The predicted octanol–water partition coefficient (Wildman–Crippen LogP) is 1.70. The van der Waals surface area contributed by atoms with Crippen molar-refractivity contribution in [3.8, 4) is 5.75 Å². The van der Waals surface area contributed by atoms with Gasteiger partial charge in [0, 0.05) is 30.4 Å². The number of rotatable bonds is 7. The van der Waals surface area contributed by atoms with Crippen LogP contribution in [0, 0.1) is 11.8 Å². The lowest BCUT2D eigenvalue weighted by atomic mass is 10.2. The number of hydrogen-bond acceptors (Lipinski definition) is 6. The fourth-order valence-corrected chi connectivity index (χ4v) is 1.49. The van der Waals surface area contributed by atoms with E-state index in [-0.39, 0.29) is 47.5 Å². The fraction of sp³-hybridized carbons (Fsp3) is 0.562. The van der Waals surface area contributed by atoms with E-state index in [9.17, 15) is 19.8 Å². The molecule has 1 rings (SSSR count). The number of amides is 2. The van der Waals surface area contributed by atoms with Gasteiger partial charge in [-0.1, -0.05) is 34.6 Å². The summed E-state index contributed by atoms with van der Waals surface area (Å²) in [5.74, 6) is -3.11. The van der Waals surface area contributed by atoms with Crippen molar-refractivity contribution in [1.29, 1.82) is 0 Å². The summed E-state index contributed by atoms with van der Waals surface area (Å²) in [4.78, 5) is 27.8. The first-order valence-electron chi connectivity index (χ1n) is 7.81. The first-order valence-corrected chi connectivity index (χ1v) is 7.81. The maximum absolute atomic E-state index is 11.8. The molecule has 24 heavy (non-hydrogen) atoms. The Morgan fingerprint density at radius 3 is 1.83 bits per heavy atom. The van der Waals surface area contributed by atoms with Crippen LogP contribution >= 0.6 is 0 Å². The largest absolute Gasteiger partial charge is 0.439 e. The summed E-state index contributed by atoms with van der Waals surface area (Å²) in [6.45, 7) is 8.42. The van der Waals surface area contributed by atoms with Gasteiger partial charge < -0.3 is 25.6 Å². The summed E-state index contributed by atoms with van der Waals surface area (Å²) in [5, 5.41) is 24.4. The highest BCUT2D eigenvalue weighted by atomic mass is 16.8. The Balaban J connectivity index is 3.13. The summed E-state index contributed by atoms with van der Waals surface area (Å²) >= 11 is 0. The number of carbonyl (C=O) groups is 2. The first kappa shape index (κ1) is 19.9. The molecular weight excluding hydrogens is 314 g/mol. The van der Waals surface area contributed by atoms with Crippen molar-refractivity contribution in [1.82, 2.24) is 4.98 Å². The zero-order valence-corrected chi connectivity index (χ0v) is 14.6. The van der Waals surface area contributed by atoms with Crippen molar-refractivity contribution < 1.29 is 24.5 Å². The van der Waals surface area contributed by atoms with Crippen LogP contribution in [0.25, 0.3) is 0 Å². The molecule has 0 aromatic carbocycles. The highest BCUT2D eigenvalue weighted by Crippen LogP contribution is 2.25. The second-order valence-corrected chi connectivity index (χ2v) is 6.06. The molecule has 0 aliphatic rings. The number of nitrogens with one attached hydrogen (secondary N) is 2. The molecule has 0 atom stereocenters. The number of anilines is 2. The number of carbonyl (C=O) groups excluding carboxylic acids is 2. The fourth-order valence-electron chi connectivity index (χ4n) is 1.49. The van der Waals surface area contributed by atoms with Crippen LogP contribution in [-0.4, -0.2) is 33.0 Å². The standard InChI is InChI=1S/C16H25N3O5/c1-6-16(22,23)24-11-7-12(18-14(20)9(2)3)17-13(8-11)19-15(21)10(4)5/h7-10,22-23H,6H2,1-5H3,(H2,17,18,19,20,21). The van der Waals surface area contributed by atoms with Crippen molar-refractivity contribution in [3.63, 3.8) is 0 Å². The van der Waals surface area contributed by atoms with E-state index in [0.717, 1.165) is 0 Å². The minimum Gasteiger partial charge on any atom is -0.439 e. The Morgan fingerprint density at radius 1 is 1.08 bits per heavy atom. The second kappa shape index (κ2) is 8.07. The van der Waals surface area contributed by atoms with E-state index >= 15 is 0 Å². The lowest BCUT2D eigenvalue weighted by molar-refractivity contribution is -0.292. The van der Waals surface area contributed by atoms with Crippen molar-refractivity contribution in [2.75, 3.05) is 10.6 Å². The SMILES string of the molecule is CCC(O)(O)Oc1cc(NC(=O)C(C)C)nc(NC(=O)C(C)C)c1. The molecule has 0 bridgehead atoms. The van der Waals surface area contributed by atoms with Gasteiger partial charge in [-0.3, -0.25) is 9.59 Å². The molecule has 0 saturated carbocycles. The Bertz CT molecular complexity index is 559. The maximum Gasteiger partial charge on any atom is 0.321 e.